The number of nitrogens with zero attached hydrogens (tertiary/aromatic N) is 1. The molecule has 0 aliphatic rings. The molecule has 0 radical (unpaired) electrons. The summed E-state index contributed by atoms with van der Waals surface area (Å²) in [5.74, 6) is 0.415. The molecule has 0 saturated heterocycles. The van der Waals surface area contributed by atoms with Gasteiger partial charge in [-0.2, -0.15) is 0 Å². The van der Waals surface area contributed by atoms with Crippen LogP contribution in [0.2, 0.25) is 0 Å². The molecular weight excluding hydrogens is 361 g/mol. The average Bonchev–Trinajstić information content (AvgIpc) is 2.88. The van der Waals surface area contributed by atoms with Gasteiger partial charge in [-0.1, -0.05) is 58.1 Å². The second-order valence-corrected chi connectivity index (χ2v) is 4.34. The fourth-order valence-electron chi connectivity index (χ4n) is 1.38. The third-order valence-corrected chi connectivity index (χ3v) is 2.88. The van der Waals surface area contributed by atoms with E-state index in [0.717, 1.165) is 5.56 Å². The predicted molar refractivity (Wildman–Crippen MR) is 78.0 cm³/mol. The van der Waals surface area contributed by atoms with E-state index in [0.29, 0.717) is 5.76 Å². The number of urea groups is 1. The highest BCUT2D eigenvalue weighted by molar-refractivity contribution is 14.1. The van der Waals surface area contributed by atoms with Crippen molar-refractivity contribution in [3.8, 4) is 11.3 Å². The topological polar surface area (TPSA) is 84.2 Å². The molecule has 1 aromatic carbocycles. The number of benzene rings is 1. The number of imide groups is 1. The summed E-state index contributed by atoms with van der Waals surface area (Å²) < 4.78 is 5.31. The molecule has 0 aliphatic heterocycles. The van der Waals surface area contributed by atoms with E-state index in [1.807, 2.05) is 52.9 Å². The van der Waals surface area contributed by atoms with Crippen molar-refractivity contribution in [2.45, 2.75) is 0 Å². The van der Waals surface area contributed by atoms with E-state index in [4.69, 9.17) is 4.52 Å². The molecule has 3 amide bonds. The first-order chi connectivity index (χ1) is 9.19. The molecule has 0 fully saturated rings. The van der Waals surface area contributed by atoms with Crippen molar-refractivity contribution in [1.29, 1.82) is 0 Å². The molecule has 19 heavy (non-hydrogen) atoms. The van der Waals surface area contributed by atoms with Crippen LogP contribution in [0.1, 0.15) is 0 Å². The number of nitrogens with one attached hydrogen (secondary N) is 2. The lowest BCUT2D eigenvalue weighted by molar-refractivity contribution is -0.117. The molecule has 2 N–H and O–H groups in total. The van der Waals surface area contributed by atoms with Crippen molar-refractivity contribution in [3.05, 3.63) is 36.4 Å². The van der Waals surface area contributed by atoms with Crippen LogP contribution in [0.3, 0.4) is 0 Å². The van der Waals surface area contributed by atoms with Gasteiger partial charge in [-0.05, 0) is 0 Å². The van der Waals surface area contributed by atoms with Gasteiger partial charge in [0.25, 0.3) is 0 Å². The lowest BCUT2D eigenvalue weighted by Crippen LogP contribution is -2.35. The summed E-state index contributed by atoms with van der Waals surface area (Å²) in [5.41, 5.74) is 0.854. The number of hydrogen-bond acceptors (Lipinski definition) is 4. The van der Waals surface area contributed by atoms with Crippen LogP contribution in [-0.4, -0.2) is 21.5 Å². The second-order valence-electron chi connectivity index (χ2n) is 3.58. The summed E-state index contributed by atoms with van der Waals surface area (Å²) in [7, 11) is 0. The van der Waals surface area contributed by atoms with E-state index in [2.05, 4.69) is 15.8 Å². The fourth-order valence-corrected chi connectivity index (χ4v) is 1.57. The second kappa shape index (κ2) is 6.32. The Morgan fingerprint density at radius 3 is 2.68 bits per heavy atom. The zero-order chi connectivity index (χ0) is 13.7. The number of anilines is 1. The van der Waals surface area contributed by atoms with Crippen LogP contribution in [0, 0.1) is 0 Å². The minimum atomic E-state index is -0.630. The Hall–Kier alpha value is -1.90. The van der Waals surface area contributed by atoms with E-state index in [9.17, 15) is 9.59 Å². The van der Waals surface area contributed by atoms with Crippen LogP contribution >= 0.6 is 22.6 Å². The molecule has 6 nitrogen and oxygen atoms in total. The Bertz CT molecular complexity index is 583. The maximum absolute atomic E-state index is 11.4. The van der Waals surface area contributed by atoms with E-state index >= 15 is 0 Å². The Morgan fingerprint density at radius 1 is 1.26 bits per heavy atom. The third kappa shape index (κ3) is 3.78. The predicted octanol–water partition coefficient (Wildman–Crippen LogP) is 2.42. The number of rotatable bonds is 3. The lowest BCUT2D eigenvalue weighted by Gasteiger charge is -2.00. The number of hydrogen-bond donors (Lipinski definition) is 2. The molecule has 7 heteroatoms. The van der Waals surface area contributed by atoms with Crippen molar-refractivity contribution in [1.82, 2.24) is 10.5 Å². The van der Waals surface area contributed by atoms with Gasteiger partial charge in [0.2, 0.25) is 5.91 Å². The van der Waals surface area contributed by atoms with Gasteiger partial charge in [-0.15, -0.1) is 0 Å². The summed E-state index contributed by atoms with van der Waals surface area (Å²) in [6.07, 6.45) is 0. The van der Waals surface area contributed by atoms with Gasteiger partial charge in [0.1, 0.15) is 0 Å². The monoisotopic (exact) mass is 371 g/mol. The van der Waals surface area contributed by atoms with Crippen molar-refractivity contribution in [2.24, 2.45) is 0 Å². The first-order valence-corrected chi connectivity index (χ1v) is 6.90. The van der Waals surface area contributed by atoms with E-state index < -0.39 is 6.03 Å². The highest BCUT2D eigenvalue weighted by atomic mass is 127. The number of alkyl halides is 1. The van der Waals surface area contributed by atoms with Crippen LogP contribution in [0.5, 0.6) is 0 Å². The van der Waals surface area contributed by atoms with Crippen molar-refractivity contribution < 1.29 is 14.1 Å². The molecular formula is C12H10IN3O3. The van der Waals surface area contributed by atoms with Gasteiger partial charge < -0.3 is 4.52 Å². The number of aromatic nitrogens is 1. The Morgan fingerprint density at radius 2 is 2.00 bits per heavy atom. The van der Waals surface area contributed by atoms with Crippen LogP contribution in [0.4, 0.5) is 10.6 Å². The SMILES string of the molecule is O=C(CI)NC(=O)Nc1cc(-c2ccccc2)on1. The Labute approximate surface area is 122 Å². The van der Waals surface area contributed by atoms with Gasteiger partial charge in [0.15, 0.2) is 11.6 Å². The number of amides is 3. The summed E-state index contributed by atoms with van der Waals surface area (Å²) >= 11 is 1.86. The molecule has 98 valence electrons. The summed E-state index contributed by atoms with van der Waals surface area (Å²) in [5, 5.41) is 8.27. The standard InChI is InChI=1S/C12H10IN3O3/c13-7-11(17)15-12(18)14-10-6-9(19-16-10)8-4-2-1-3-5-8/h1-6H,7H2,(H2,14,15,16,17,18). The van der Waals surface area contributed by atoms with Gasteiger partial charge in [0.05, 0.1) is 4.43 Å². The molecule has 0 aliphatic carbocycles. The Balaban J connectivity index is 2.02. The maximum Gasteiger partial charge on any atom is 0.327 e. The van der Waals surface area contributed by atoms with Gasteiger partial charge >= 0.3 is 6.03 Å². The van der Waals surface area contributed by atoms with Crippen molar-refractivity contribution in [3.63, 3.8) is 0 Å². The van der Waals surface area contributed by atoms with Gasteiger partial charge in [-0.3, -0.25) is 15.4 Å². The lowest BCUT2D eigenvalue weighted by atomic mass is 10.2. The van der Waals surface area contributed by atoms with Gasteiger partial charge in [-0.25, -0.2) is 4.79 Å². The minimum Gasteiger partial charge on any atom is -0.354 e. The van der Waals surface area contributed by atoms with Crippen LogP contribution < -0.4 is 10.6 Å². The van der Waals surface area contributed by atoms with Gasteiger partial charge in [0, 0.05) is 11.6 Å². The largest absolute Gasteiger partial charge is 0.354 e. The molecule has 0 unspecified atom stereocenters. The highest BCUT2D eigenvalue weighted by Gasteiger charge is 2.10. The van der Waals surface area contributed by atoms with Crippen LogP contribution in [0.25, 0.3) is 11.3 Å². The molecule has 1 heterocycles. The first-order valence-electron chi connectivity index (χ1n) is 5.38. The molecule has 0 saturated carbocycles. The zero-order valence-corrected chi connectivity index (χ0v) is 11.9. The smallest absolute Gasteiger partial charge is 0.327 e. The number of halogens is 1. The molecule has 2 aromatic rings. The summed E-state index contributed by atoms with van der Waals surface area (Å²) in [6, 6.07) is 10.3. The third-order valence-electron chi connectivity index (χ3n) is 2.18. The Kier molecular flexibility index (Phi) is 4.50. The molecule has 1 aromatic heterocycles. The quantitative estimate of drug-likeness (QED) is 0.641. The highest BCUT2D eigenvalue weighted by Crippen LogP contribution is 2.21. The summed E-state index contributed by atoms with van der Waals surface area (Å²) in [6.45, 7) is 0. The molecule has 0 bridgehead atoms. The van der Waals surface area contributed by atoms with E-state index in [1.54, 1.807) is 6.07 Å². The zero-order valence-electron chi connectivity index (χ0n) is 9.72. The van der Waals surface area contributed by atoms with Crippen molar-refractivity contribution >= 4 is 40.3 Å². The molecule has 0 atom stereocenters. The summed E-state index contributed by atoms with van der Waals surface area (Å²) in [4.78, 5) is 22.4. The number of carbonyl (C=O) groups excluding carboxylic acids is 2. The normalized spacial score (nSPS) is 9.95. The van der Waals surface area contributed by atoms with Crippen molar-refractivity contribution in [2.75, 3.05) is 9.74 Å². The van der Waals surface area contributed by atoms with Crippen LogP contribution in [0.15, 0.2) is 40.9 Å². The molecule has 2 rings (SSSR count). The molecule has 0 spiro atoms. The van der Waals surface area contributed by atoms with E-state index in [-0.39, 0.29) is 16.2 Å². The number of carbonyl (C=O) groups is 2. The average molecular weight is 371 g/mol. The fraction of sp³-hybridized carbons (Fsp3) is 0.0833. The minimum absolute atomic E-state index is 0.208. The van der Waals surface area contributed by atoms with Crippen LogP contribution in [-0.2, 0) is 4.79 Å². The maximum atomic E-state index is 11.4. The first kappa shape index (κ1) is 13.5. The van der Waals surface area contributed by atoms with E-state index in [1.165, 1.54) is 0 Å².